The normalized spacial score (nSPS) is 11.4. The van der Waals surface area contributed by atoms with Crippen molar-refractivity contribution in [3.05, 3.63) is 31.0 Å². The SMILES string of the molecule is CC(C)CNc1nccn2c(-c3cnn(C)c3)cnc12. The minimum Gasteiger partial charge on any atom is -0.367 e. The topological polar surface area (TPSA) is 60.0 Å². The summed E-state index contributed by atoms with van der Waals surface area (Å²) in [5, 5.41) is 7.55. The van der Waals surface area contributed by atoms with Gasteiger partial charge in [-0.05, 0) is 5.92 Å². The van der Waals surface area contributed by atoms with Gasteiger partial charge in [0.05, 0.1) is 18.1 Å². The van der Waals surface area contributed by atoms with Crippen LogP contribution in [0.15, 0.2) is 31.0 Å². The highest BCUT2D eigenvalue weighted by molar-refractivity contribution is 5.69. The van der Waals surface area contributed by atoms with E-state index in [9.17, 15) is 0 Å². The molecule has 0 aliphatic rings. The smallest absolute Gasteiger partial charge is 0.180 e. The van der Waals surface area contributed by atoms with E-state index in [2.05, 4.69) is 34.2 Å². The van der Waals surface area contributed by atoms with E-state index >= 15 is 0 Å². The third-order valence-electron chi connectivity index (χ3n) is 3.11. The van der Waals surface area contributed by atoms with Crippen molar-refractivity contribution in [1.82, 2.24) is 24.1 Å². The van der Waals surface area contributed by atoms with Gasteiger partial charge in [0.25, 0.3) is 0 Å². The molecule has 6 nitrogen and oxygen atoms in total. The summed E-state index contributed by atoms with van der Waals surface area (Å²) < 4.78 is 3.82. The van der Waals surface area contributed by atoms with Crippen molar-refractivity contribution in [1.29, 1.82) is 0 Å². The van der Waals surface area contributed by atoms with Gasteiger partial charge in [0, 0.05) is 37.7 Å². The predicted molar refractivity (Wildman–Crippen MR) is 78.5 cm³/mol. The molecular formula is C14H18N6. The van der Waals surface area contributed by atoms with Crippen molar-refractivity contribution in [3.8, 4) is 11.3 Å². The van der Waals surface area contributed by atoms with Crippen molar-refractivity contribution in [2.45, 2.75) is 13.8 Å². The maximum absolute atomic E-state index is 4.48. The highest BCUT2D eigenvalue weighted by atomic mass is 15.2. The predicted octanol–water partition coefficient (Wildman–Crippen LogP) is 2.20. The van der Waals surface area contributed by atoms with Crippen molar-refractivity contribution in [2.75, 3.05) is 11.9 Å². The number of aromatic nitrogens is 5. The minimum atomic E-state index is 0.560. The molecule has 3 aromatic heterocycles. The Kier molecular flexibility index (Phi) is 3.14. The zero-order valence-corrected chi connectivity index (χ0v) is 11.9. The number of rotatable bonds is 4. The molecule has 0 spiro atoms. The van der Waals surface area contributed by atoms with Crippen LogP contribution in [-0.4, -0.2) is 30.7 Å². The van der Waals surface area contributed by atoms with Gasteiger partial charge in [0.15, 0.2) is 11.5 Å². The van der Waals surface area contributed by atoms with Crippen LogP contribution in [0, 0.1) is 5.92 Å². The fourth-order valence-corrected chi connectivity index (χ4v) is 2.11. The first kappa shape index (κ1) is 12.7. The first-order chi connectivity index (χ1) is 9.65. The Morgan fingerprint density at radius 3 is 2.80 bits per heavy atom. The van der Waals surface area contributed by atoms with Gasteiger partial charge in [-0.3, -0.25) is 9.08 Å². The van der Waals surface area contributed by atoms with Gasteiger partial charge >= 0.3 is 0 Å². The van der Waals surface area contributed by atoms with Crippen LogP contribution < -0.4 is 5.32 Å². The number of aryl methyl sites for hydroxylation is 1. The Balaban J connectivity index is 2.03. The molecule has 0 aliphatic carbocycles. The van der Waals surface area contributed by atoms with E-state index in [-0.39, 0.29) is 0 Å². The van der Waals surface area contributed by atoms with E-state index in [0.29, 0.717) is 5.92 Å². The molecule has 0 fully saturated rings. The highest BCUT2D eigenvalue weighted by Gasteiger charge is 2.11. The first-order valence-electron chi connectivity index (χ1n) is 6.70. The van der Waals surface area contributed by atoms with E-state index in [0.717, 1.165) is 29.3 Å². The Labute approximate surface area is 117 Å². The number of nitrogens with one attached hydrogen (secondary N) is 1. The molecule has 20 heavy (non-hydrogen) atoms. The monoisotopic (exact) mass is 270 g/mol. The average molecular weight is 270 g/mol. The van der Waals surface area contributed by atoms with Crippen molar-refractivity contribution in [2.24, 2.45) is 13.0 Å². The molecule has 104 valence electrons. The third kappa shape index (κ3) is 2.24. The molecule has 1 N–H and O–H groups in total. The lowest BCUT2D eigenvalue weighted by molar-refractivity contribution is 0.687. The van der Waals surface area contributed by atoms with Crippen LogP contribution in [0.25, 0.3) is 16.9 Å². The second-order valence-corrected chi connectivity index (χ2v) is 5.29. The van der Waals surface area contributed by atoms with Crippen molar-refractivity contribution >= 4 is 11.5 Å². The molecule has 0 aromatic carbocycles. The quantitative estimate of drug-likeness (QED) is 0.789. The molecule has 3 aromatic rings. The second kappa shape index (κ2) is 4.96. The Morgan fingerprint density at radius 1 is 1.25 bits per heavy atom. The molecule has 0 radical (unpaired) electrons. The first-order valence-corrected chi connectivity index (χ1v) is 6.70. The minimum absolute atomic E-state index is 0.560. The van der Waals surface area contributed by atoms with Crippen molar-refractivity contribution < 1.29 is 0 Å². The zero-order chi connectivity index (χ0) is 14.1. The summed E-state index contributed by atoms with van der Waals surface area (Å²) in [4.78, 5) is 8.86. The van der Waals surface area contributed by atoms with Gasteiger partial charge in [0.2, 0.25) is 0 Å². The fraction of sp³-hybridized carbons (Fsp3) is 0.357. The number of hydrogen-bond donors (Lipinski definition) is 1. The Bertz CT molecular complexity index is 724. The van der Waals surface area contributed by atoms with Crippen LogP contribution in [0.2, 0.25) is 0 Å². The van der Waals surface area contributed by atoms with Crippen LogP contribution in [0.5, 0.6) is 0 Å². The molecule has 0 saturated carbocycles. The van der Waals surface area contributed by atoms with E-state index in [1.807, 2.05) is 36.2 Å². The molecule has 6 heteroatoms. The van der Waals surface area contributed by atoms with E-state index < -0.39 is 0 Å². The number of fused-ring (bicyclic) bond motifs is 1. The summed E-state index contributed by atoms with van der Waals surface area (Å²) >= 11 is 0. The van der Waals surface area contributed by atoms with Gasteiger partial charge in [0.1, 0.15) is 0 Å². The molecule has 3 heterocycles. The molecule has 0 aliphatic heterocycles. The van der Waals surface area contributed by atoms with Crippen LogP contribution in [-0.2, 0) is 7.05 Å². The van der Waals surface area contributed by atoms with Gasteiger partial charge in [-0.1, -0.05) is 13.8 Å². The van der Waals surface area contributed by atoms with E-state index in [4.69, 9.17) is 0 Å². The molecule has 0 saturated heterocycles. The van der Waals surface area contributed by atoms with Crippen LogP contribution in [0.1, 0.15) is 13.8 Å². The summed E-state index contributed by atoms with van der Waals surface area (Å²) in [5.41, 5.74) is 2.90. The van der Waals surface area contributed by atoms with Gasteiger partial charge in [-0.25, -0.2) is 9.97 Å². The summed E-state index contributed by atoms with van der Waals surface area (Å²) in [6.45, 7) is 5.21. The molecule has 0 amide bonds. The van der Waals surface area contributed by atoms with E-state index in [1.165, 1.54) is 0 Å². The number of imidazole rings is 1. The van der Waals surface area contributed by atoms with E-state index in [1.54, 1.807) is 10.9 Å². The summed E-state index contributed by atoms with van der Waals surface area (Å²) in [5.74, 6) is 1.38. The largest absolute Gasteiger partial charge is 0.367 e. The maximum atomic E-state index is 4.48. The Morgan fingerprint density at radius 2 is 2.10 bits per heavy atom. The third-order valence-corrected chi connectivity index (χ3v) is 3.11. The van der Waals surface area contributed by atoms with Gasteiger partial charge in [-0.2, -0.15) is 5.10 Å². The summed E-state index contributed by atoms with van der Waals surface area (Å²) in [6, 6.07) is 0. The van der Waals surface area contributed by atoms with Crippen LogP contribution in [0.3, 0.4) is 0 Å². The molecule has 3 rings (SSSR count). The summed E-state index contributed by atoms with van der Waals surface area (Å²) in [6.07, 6.45) is 9.38. The molecule has 0 atom stereocenters. The maximum Gasteiger partial charge on any atom is 0.180 e. The average Bonchev–Trinajstić information content (AvgIpc) is 3.02. The molecular weight excluding hydrogens is 252 g/mol. The highest BCUT2D eigenvalue weighted by Crippen LogP contribution is 2.22. The molecule has 0 unspecified atom stereocenters. The zero-order valence-electron chi connectivity index (χ0n) is 11.9. The molecule has 0 bridgehead atoms. The lowest BCUT2D eigenvalue weighted by atomic mass is 10.2. The van der Waals surface area contributed by atoms with Gasteiger partial charge < -0.3 is 5.32 Å². The standard InChI is InChI=1S/C14H18N6/c1-10(2)6-16-13-14-17-8-12(20(14)5-4-15-13)11-7-18-19(3)9-11/h4-5,7-10H,6H2,1-3H3,(H,15,16). The van der Waals surface area contributed by atoms with Gasteiger partial charge in [-0.15, -0.1) is 0 Å². The lowest BCUT2D eigenvalue weighted by Gasteiger charge is -2.09. The van der Waals surface area contributed by atoms with Crippen LogP contribution in [0.4, 0.5) is 5.82 Å². The van der Waals surface area contributed by atoms with Crippen molar-refractivity contribution in [3.63, 3.8) is 0 Å². The second-order valence-electron chi connectivity index (χ2n) is 5.29. The number of nitrogens with zero attached hydrogens (tertiary/aromatic N) is 5. The Hall–Kier alpha value is -2.37. The summed E-state index contributed by atoms with van der Waals surface area (Å²) in [7, 11) is 1.91. The lowest BCUT2D eigenvalue weighted by Crippen LogP contribution is -2.10. The number of hydrogen-bond acceptors (Lipinski definition) is 4. The van der Waals surface area contributed by atoms with Crippen LogP contribution >= 0.6 is 0 Å². The number of anilines is 1. The fourth-order valence-electron chi connectivity index (χ4n) is 2.11.